The van der Waals surface area contributed by atoms with E-state index in [-0.39, 0.29) is 11.8 Å². The summed E-state index contributed by atoms with van der Waals surface area (Å²) in [5.74, 6) is 0.674. The topological polar surface area (TPSA) is 49.0 Å². The summed E-state index contributed by atoms with van der Waals surface area (Å²) >= 11 is 0. The Morgan fingerprint density at radius 3 is 2.46 bits per heavy atom. The second-order valence-corrected chi connectivity index (χ2v) is 7.03. The van der Waals surface area contributed by atoms with Crippen LogP contribution in [-0.2, 0) is 4.79 Å². The van der Waals surface area contributed by atoms with Crippen LogP contribution < -0.4 is 0 Å². The summed E-state index contributed by atoms with van der Waals surface area (Å²) < 4.78 is 0. The molecule has 1 N–H and O–H groups in total. The summed E-state index contributed by atoms with van der Waals surface area (Å²) in [4.78, 5) is 14.9. The fraction of sp³-hybridized carbons (Fsp3) is 0.500. The predicted octanol–water partition coefficient (Wildman–Crippen LogP) is 3.84. The van der Waals surface area contributed by atoms with E-state index in [1.165, 1.54) is 11.1 Å². The van der Waals surface area contributed by atoms with Crippen molar-refractivity contribution >= 4 is 5.91 Å². The fourth-order valence-electron chi connectivity index (χ4n) is 4.05. The maximum atomic E-state index is 12.9. The zero-order chi connectivity index (χ0) is 17.3. The summed E-state index contributed by atoms with van der Waals surface area (Å²) in [7, 11) is 0. The highest BCUT2D eigenvalue weighted by atomic mass is 16.2. The second kappa shape index (κ2) is 6.80. The number of hydrogen-bond acceptors (Lipinski definition) is 2. The van der Waals surface area contributed by atoms with E-state index < -0.39 is 0 Å². The molecule has 1 fully saturated rings. The van der Waals surface area contributed by atoms with Gasteiger partial charge < -0.3 is 4.90 Å². The van der Waals surface area contributed by atoms with E-state index in [2.05, 4.69) is 41.4 Å². The van der Waals surface area contributed by atoms with Gasteiger partial charge in [-0.2, -0.15) is 5.10 Å². The minimum absolute atomic E-state index is 0.126. The minimum Gasteiger partial charge on any atom is -0.342 e. The Morgan fingerprint density at radius 1 is 1.21 bits per heavy atom. The van der Waals surface area contributed by atoms with Gasteiger partial charge in [-0.1, -0.05) is 24.3 Å². The second-order valence-electron chi connectivity index (χ2n) is 7.03. The third-order valence-corrected chi connectivity index (χ3v) is 5.42. The van der Waals surface area contributed by atoms with E-state index in [4.69, 9.17) is 0 Å². The lowest BCUT2D eigenvalue weighted by Crippen LogP contribution is -2.40. The van der Waals surface area contributed by atoms with Gasteiger partial charge in [-0.25, -0.2) is 0 Å². The van der Waals surface area contributed by atoms with E-state index in [0.29, 0.717) is 5.92 Å². The summed E-state index contributed by atoms with van der Waals surface area (Å²) in [6, 6.07) is 8.62. The molecule has 1 atom stereocenters. The Bertz CT molecular complexity index is 707. The van der Waals surface area contributed by atoms with Crippen molar-refractivity contribution in [1.29, 1.82) is 0 Å². The molecule has 0 bridgehead atoms. The molecule has 2 aromatic rings. The van der Waals surface area contributed by atoms with Gasteiger partial charge in [0, 0.05) is 24.3 Å². The molecule has 128 valence electrons. The molecule has 1 aliphatic heterocycles. The van der Waals surface area contributed by atoms with Crippen molar-refractivity contribution in [3.05, 3.63) is 52.3 Å². The lowest BCUT2D eigenvalue weighted by atomic mass is 9.86. The lowest BCUT2D eigenvalue weighted by molar-refractivity contribution is -0.133. The van der Waals surface area contributed by atoms with Gasteiger partial charge in [-0.15, -0.1) is 0 Å². The zero-order valence-electron chi connectivity index (χ0n) is 15.1. The van der Waals surface area contributed by atoms with Gasteiger partial charge in [-0.05, 0) is 57.6 Å². The summed E-state index contributed by atoms with van der Waals surface area (Å²) in [6.45, 7) is 9.83. The Hall–Kier alpha value is -2.10. The third-order valence-electron chi connectivity index (χ3n) is 5.42. The van der Waals surface area contributed by atoms with Crippen molar-refractivity contribution in [3.8, 4) is 0 Å². The van der Waals surface area contributed by atoms with Gasteiger partial charge in [0.2, 0.25) is 5.91 Å². The van der Waals surface area contributed by atoms with Gasteiger partial charge >= 0.3 is 0 Å². The maximum Gasteiger partial charge on any atom is 0.229 e. The summed E-state index contributed by atoms with van der Waals surface area (Å²) in [5, 5.41) is 7.22. The number of amides is 1. The fourth-order valence-corrected chi connectivity index (χ4v) is 4.05. The van der Waals surface area contributed by atoms with Crippen LogP contribution in [0.1, 0.15) is 59.7 Å². The molecule has 0 radical (unpaired) electrons. The lowest BCUT2D eigenvalue weighted by Gasteiger charge is -2.34. The van der Waals surface area contributed by atoms with Crippen LogP contribution in [0.5, 0.6) is 0 Å². The molecule has 24 heavy (non-hydrogen) atoms. The van der Waals surface area contributed by atoms with Gasteiger partial charge in [0.1, 0.15) is 0 Å². The first kappa shape index (κ1) is 16.7. The van der Waals surface area contributed by atoms with Crippen LogP contribution in [0.3, 0.4) is 0 Å². The number of H-pyrrole nitrogens is 1. The normalized spacial score (nSPS) is 17.1. The van der Waals surface area contributed by atoms with Crippen LogP contribution in [0.15, 0.2) is 24.3 Å². The summed E-state index contributed by atoms with van der Waals surface area (Å²) in [5.41, 5.74) is 5.80. The zero-order valence-corrected chi connectivity index (χ0v) is 15.1. The highest BCUT2D eigenvalue weighted by Gasteiger charge is 2.29. The number of benzene rings is 1. The average Bonchev–Trinajstić information content (AvgIpc) is 2.93. The van der Waals surface area contributed by atoms with Crippen molar-refractivity contribution in [2.24, 2.45) is 0 Å². The van der Waals surface area contributed by atoms with Gasteiger partial charge in [0.25, 0.3) is 0 Å². The van der Waals surface area contributed by atoms with Crippen molar-refractivity contribution in [3.63, 3.8) is 0 Å². The number of nitrogens with zero attached hydrogens (tertiary/aromatic N) is 2. The van der Waals surface area contributed by atoms with Crippen LogP contribution >= 0.6 is 0 Å². The largest absolute Gasteiger partial charge is 0.342 e. The number of hydrogen-bond donors (Lipinski definition) is 1. The number of likely N-dealkylation sites (tertiary alicyclic amines) is 1. The molecule has 1 saturated heterocycles. The number of aryl methyl sites for hydroxylation is 3. The maximum absolute atomic E-state index is 12.9. The summed E-state index contributed by atoms with van der Waals surface area (Å²) in [6.07, 6.45) is 2.10. The molecule has 1 aromatic carbocycles. The number of aromatic amines is 1. The molecule has 0 saturated carbocycles. The van der Waals surface area contributed by atoms with Crippen molar-refractivity contribution in [1.82, 2.24) is 15.1 Å². The number of carbonyl (C=O) groups is 1. The Balaban J connectivity index is 1.66. The Kier molecular flexibility index (Phi) is 4.74. The highest BCUT2D eigenvalue weighted by Crippen LogP contribution is 2.32. The molecule has 4 heteroatoms. The van der Waals surface area contributed by atoms with Gasteiger partial charge in [0.05, 0.1) is 11.6 Å². The molecule has 3 rings (SSSR count). The van der Waals surface area contributed by atoms with E-state index in [1.54, 1.807) is 0 Å². The highest BCUT2D eigenvalue weighted by molar-refractivity contribution is 5.84. The standard InChI is InChI=1S/C20H27N3O/c1-13-7-5-6-8-18(13)17-9-11-23(12-10-17)20(24)14(2)19-15(3)21-22-16(19)4/h5-8,14,17H,9-12H2,1-4H3,(H,21,22). The number of piperidine rings is 1. The monoisotopic (exact) mass is 325 g/mol. The number of carbonyl (C=O) groups excluding carboxylic acids is 1. The van der Waals surface area contributed by atoms with E-state index in [9.17, 15) is 4.79 Å². The average molecular weight is 325 g/mol. The molecule has 4 nitrogen and oxygen atoms in total. The van der Waals surface area contributed by atoms with Crippen LogP contribution in [-0.4, -0.2) is 34.1 Å². The van der Waals surface area contributed by atoms with E-state index in [0.717, 1.165) is 42.9 Å². The molecule has 2 heterocycles. The van der Waals surface area contributed by atoms with Gasteiger partial charge in [0.15, 0.2) is 0 Å². The first-order valence-electron chi connectivity index (χ1n) is 8.84. The quantitative estimate of drug-likeness (QED) is 0.932. The van der Waals surface area contributed by atoms with Crippen molar-refractivity contribution < 1.29 is 4.79 Å². The molecule has 1 aromatic heterocycles. The molecule has 1 aliphatic rings. The number of nitrogens with one attached hydrogen (secondary N) is 1. The molecular weight excluding hydrogens is 298 g/mol. The first-order valence-corrected chi connectivity index (χ1v) is 8.84. The smallest absolute Gasteiger partial charge is 0.229 e. The number of aromatic nitrogens is 2. The first-order chi connectivity index (χ1) is 11.5. The van der Waals surface area contributed by atoms with Crippen molar-refractivity contribution in [2.45, 2.75) is 52.4 Å². The number of rotatable bonds is 3. The van der Waals surface area contributed by atoms with Crippen LogP contribution in [0.25, 0.3) is 0 Å². The van der Waals surface area contributed by atoms with E-state index >= 15 is 0 Å². The van der Waals surface area contributed by atoms with Crippen LogP contribution in [0, 0.1) is 20.8 Å². The predicted molar refractivity (Wildman–Crippen MR) is 96.2 cm³/mol. The van der Waals surface area contributed by atoms with E-state index in [1.807, 2.05) is 25.7 Å². The van der Waals surface area contributed by atoms with Gasteiger partial charge in [-0.3, -0.25) is 9.89 Å². The molecule has 1 amide bonds. The molecule has 0 spiro atoms. The molecular formula is C20H27N3O. The SMILES string of the molecule is Cc1ccccc1C1CCN(C(=O)C(C)c2c(C)n[nH]c2C)CC1. The minimum atomic E-state index is -0.126. The molecule has 1 unspecified atom stereocenters. The third kappa shape index (κ3) is 3.10. The Labute approximate surface area is 144 Å². The van der Waals surface area contributed by atoms with Crippen LogP contribution in [0.4, 0.5) is 0 Å². The molecule has 0 aliphatic carbocycles. The Morgan fingerprint density at radius 2 is 1.88 bits per heavy atom. The van der Waals surface area contributed by atoms with Crippen molar-refractivity contribution in [2.75, 3.05) is 13.1 Å². The van der Waals surface area contributed by atoms with Crippen LogP contribution in [0.2, 0.25) is 0 Å².